The van der Waals surface area contributed by atoms with Crippen LogP contribution in [0.3, 0.4) is 0 Å². The Kier molecular flexibility index (Phi) is 3.70. The van der Waals surface area contributed by atoms with Gasteiger partial charge < -0.3 is 23.7 Å². The van der Waals surface area contributed by atoms with Gasteiger partial charge in [0.1, 0.15) is 5.75 Å². The van der Waals surface area contributed by atoms with Crippen molar-refractivity contribution in [3.63, 3.8) is 0 Å². The Hall–Kier alpha value is -3.15. The lowest BCUT2D eigenvalue weighted by atomic mass is 10.0. The fraction of sp³-hybridized carbons (Fsp3) is 0.286. The normalized spacial score (nSPS) is 14.6. The molecule has 138 valence electrons. The van der Waals surface area contributed by atoms with E-state index in [-0.39, 0.29) is 6.79 Å². The van der Waals surface area contributed by atoms with Crippen molar-refractivity contribution in [2.24, 2.45) is 0 Å². The molecule has 3 heterocycles. The highest BCUT2D eigenvalue weighted by molar-refractivity contribution is 5.88. The van der Waals surface area contributed by atoms with Crippen molar-refractivity contribution in [2.75, 3.05) is 27.6 Å². The first-order chi connectivity index (χ1) is 13.3. The number of pyridine rings is 1. The van der Waals surface area contributed by atoms with Crippen LogP contribution in [0.25, 0.3) is 22.0 Å². The molecular weight excluding hydrogens is 346 g/mol. The van der Waals surface area contributed by atoms with Gasteiger partial charge in [0.2, 0.25) is 12.5 Å². The van der Waals surface area contributed by atoms with Crippen molar-refractivity contribution in [2.45, 2.75) is 13.0 Å². The summed E-state index contributed by atoms with van der Waals surface area (Å²) in [5.74, 6) is 3.73. The summed E-state index contributed by atoms with van der Waals surface area (Å²) in [7, 11) is 3.30. The minimum absolute atomic E-state index is 0.243. The molecule has 2 aromatic carbocycles. The average molecular weight is 366 g/mol. The van der Waals surface area contributed by atoms with Gasteiger partial charge in [0.25, 0.3) is 0 Å². The fourth-order valence-corrected chi connectivity index (χ4v) is 3.69. The quantitative estimate of drug-likeness (QED) is 0.651. The van der Waals surface area contributed by atoms with E-state index in [4.69, 9.17) is 23.7 Å². The van der Waals surface area contributed by atoms with Crippen LogP contribution in [-0.2, 0) is 6.54 Å². The maximum Gasteiger partial charge on any atom is 0.231 e. The van der Waals surface area contributed by atoms with Gasteiger partial charge in [0.15, 0.2) is 35.7 Å². The molecular formula is C21H20NO5+. The Morgan fingerprint density at radius 1 is 0.815 bits per heavy atom. The smallest absolute Gasteiger partial charge is 0.231 e. The van der Waals surface area contributed by atoms with Gasteiger partial charge in [-0.3, -0.25) is 0 Å². The number of hydrogen-bond acceptors (Lipinski definition) is 5. The zero-order valence-corrected chi connectivity index (χ0v) is 15.3. The van der Waals surface area contributed by atoms with Gasteiger partial charge in [0.05, 0.1) is 26.4 Å². The molecule has 0 saturated carbocycles. The first-order valence-corrected chi connectivity index (χ1v) is 8.93. The third-order valence-electron chi connectivity index (χ3n) is 5.04. The number of fused-ring (bicyclic) bond motifs is 5. The molecule has 2 aliphatic rings. The van der Waals surface area contributed by atoms with Crippen LogP contribution in [0.15, 0.2) is 36.5 Å². The number of ether oxygens (including phenoxy) is 5. The number of nitrogens with zero attached hydrogens (tertiary/aromatic N) is 1. The Bertz CT molecular complexity index is 1050. The van der Waals surface area contributed by atoms with Crippen molar-refractivity contribution < 1.29 is 28.3 Å². The Morgan fingerprint density at radius 3 is 2.33 bits per heavy atom. The van der Waals surface area contributed by atoms with Crippen LogP contribution < -0.4 is 28.3 Å². The van der Waals surface area contributed by atoms with E-state index in [2.05, 4.69) is 16.8 Å². The fourth-order valence-electron chi connectivity index (χ4n) is 3.69. The lowest BCUT2D eigenvalue weighted by molar-refractivity contribution is -0.685. The predicted octanol–water partition coefficient (Wildman–Crippen LogP) is 3.32. The number of aromatic nitrogens is 1. The van der Waals surface area contributed by atoms with Crippen molar-refractivity contribution in [1.29, 1.82) is 0 Å². The molecule has 27 heavy (non-hydrogen) atoms. The Balaban J connectivity index is 1.76. The number of aryl methyl sites for hydroxylation is 1. The van der Waals surface area contributed by atoms with Crippen LogP contribution in [-0.4, -0.2) is 27.6 Å². The van der Waals surface area contributed by atoms with Crippen molar-refractivity contribution in [1.82, 2.24) is 0 Å². The van der Waals surface area contributed by atoms with Gasteiger partial charge in [-0.1, -0.05) is 0 Å². The first kappa shape index (κ1) is 16.1. The molecule has 0 N–H and O–H groups in total. The van der Waals surface area contributed by atoms with Gasteiger partial charge in [-0.25, -0.2) is 0 Å². The molecule has 0 saturated heterocycles. The topological polar surface area (TPSA) is 50.0 Å². The molecule has 0 amide bonds. The lowest BCUT2D eigenvalue weighted by Gasteiger charge is -2.16. The SMILES string of the molecule is COc1cc2cc3[n+](cc2cc1OC)CCCOc1cc2c(cc1-3)OCO2. The van der Waals surface area contributed by atoms with E-state index in [1.807, 2.05) is 24.3 Å². The second-order valence-electron chi connectivity index (χ2n) is 6.59. The summed E-state index contributed by atoms with van der Waals surface area (Å²) in [5.41, 5.74) is 2.07. The highest BCUT2D eigenvalue weighted by atomic mass is 16.7. The summed E-state index contributed by atoms with van der Waals surface area (Å²) in [6, 6.07) is 10.1. The van der Waals surface area contributed by atoms with Gasteiger partial charge in [-0.05, 0) is 17.5 Å². The molecule has 3 aromatic rings. The Labute approximate surface area is 156 Å². The second-order valence-corrected chi connectivity index (χ2v) is 6.59. The molecule has 6 heteroatoms. The Morgan fingerprint density at radius 2 is 1.56 bits per heavy atom. The van der Waals surface area contributed by atoms with E-state index in [9.17, 15) is 0 Å². The largest absolute Gasteiger partial charge is 0.493 e. The molecule has 2 aliphatic heterocycles. The molecule has 1 aromatic heterocycles. The molecule has 0 bridgehead atoms. The third kappa shape index (κ3) is 2.60. The first-order valence-electron chi connectivity index (χ1n) is 8.93. The zero-order valence-electron chi connectivity index (χ0n) is 15.3. The molecule has 0 radical (unpaired) electrons. The zero-order chi connectivity index (χ0) is 18.4. The van der Waals surface area contributed by atoms with Gasteiger partial charge in [-0.2, -0.15) is 4.57 Å². The van der Waals surface area contributed by atoms with Crippen molar-refractivity contribution >= 4 is 10.8 Å². The maximum atomic E-state index is 6.01. The van der Waals surface area contributed by atoms with Gasteiger partial charge in [-0.15, -0.1) is 0 Å². The van der Waals surface area contributed by atoms with Crippen LogP contribution in [0.5, 0.6) is 28.7 Å². The molecule has 0 unspecified atom stereocenters. The van der Waals surface area contributed by atoms with Crippen LogP contribution in [0.4, 0.5) is 0 Å². The molecule has 0 spiro atoms. The summed E-state index contributed by atoms with van der Waals surface area (Å²) in [6.07, 6.45) is 3.08. The van der Waals surface area contributed by atoms with Gasteiger partial charge in [0, 0.05) is 30.0 Å². The minimum Gasteiger partial charge on any atom is -0.493 e. The summed E-state index contributed by atoms with van der Waals surface area (Å²) in [6.45, 7) is 1.77. The lowest BCUT2D eigenvalue weighted by Crippen LogP contribution is -2.37. The van der Waals surface area contributed by atoms with E-state index in [0.717, 1.165) is 58.0 Å². The van der Waals surface area contributed by atoms with E-state index >= 15 is 0 Å². The number of methoxy groups -OCH3 is 2. The van der Waals surface area contributed by atoms with E-state index < -0.39 is 0 Å². The highest BCUT2D eigenvalue weighted by Crippen LogP contribution is 2.43. The van der Waals surface area contributed by atoms with E-state index in [1.54, 1.807) is 14.2 Å². The third-order valence-corrected chi connectivity index (χ3v) is 5.04. The summed E-state index contributed by atoms with van der Waals surface area (Å²) in [4.78, 5) is 0. The van der Waals surface area contributed by atoms with Crippen LogP contribution in [0.2, 0.25) is 0 Å². The van der Waals surface area contributed by atoms with Crippen molar-refractivity contribution in [3.05, 3.63) is 36.5 Å². The summed E-state index contributed by atoms with van der Waals surface area (Å²) < 4.78 is 30.3. The summed E-state index contributed by atoms with van der Waals surface area (Å²) >= 11 is 0. The number of benzene rings is 2. The molecule has 5 rings (SSSR count). The second kappa shape index (κ2) is 6.23. The van der Waals surface area contributed by atoms with Crippen LogP contribution in [0, 0.1) is 0 Å². The number of hydrogen-bond donors (Lipinski definition) is 0. The van der Waals surface area contributed by atoms with E-state index in [0.29, 0.717) is 12.4 Å². The van der Waals surface area contributed by atoms with E-state index in [1.165, 1.54) is 0 Å². The molecule has 0 atom stereocenters. The van der Waals surface area contributed by atoms with Crippen LogP contribution >= 0.6 is 0 Å². The number of rotatable bonds is 2. The maximum absolute atomic E-state index is 6.01. The predicted molar refractivity (Wildman–Crippen MR) is 98.9 cm³/mol. The average Bonchev–Trinajstić information content (AvgIpc) is 3.14. The highest BCUT2D eigenvalue weighted by Gasteiger charge is 2.26. The minimum atomic E-state index is 0.243. The standard InChI is InChI=1S/C21H20NO5/c1-23-18-7-13-6-16-15-9-20-21(27-12-26-20)10-17(15)25-5-3-4-22(16)11-14(13)8-19(18)24-2/h6-11H,3-5,12H2,1-2H3/q+1. The van der Waals surface area contributed by atoms with Gasteiger partial charge >= 0.3 is 0 Å². The molecule has 0 aliphatic carbocycles. The van der Waals surface area contributed by atoms with Crippen LogP contribution in [0.1, 0.15) is 6.42 Å². The molecule has 6 nitrogen and oxygen atoms in total. The van der Waals surface area contributed by atoms with Crippen molar-refractivity contribution in [3.8, 4) is 40.0 Å². The monoisotopic (exact) mass is 366 g/mol. The summed E-state index contributed by atoms with van der Waals surface area (Å²) in [5, 5.41) is 2.17. The molecule has 0 fully saturated rings.